The van der Waals surface area contributed by atoms with Crippen LogP contribution >= 0.6 is 0 Å². The summed E-state index contributed by atoms with van der Waals surface area (Å²) in [6, 6.07) is 14.5. The molecule has 4 amide bonds. The van der Waals surface area contributed by atoms with Crippen LogP contribution in [0, 0.1) is 5.41 Å². The zero-order valence-electron chi connectivity index (χ0n) is 24.8. The van der Waals surface area contributed by atoms with Crippen molar-refractivity contribution in [1.29, 1.82) is 5.41 Å². The summed E-state index contributed by atoms with van der Waals surface area (Å²) in [7, 11) is 0. The van der Waals surface area contributed by atoms with E-state index in [0.717, 1.165) is 24.3 Å². The van der Waals surface area contributed by atoms with Gasteiger partial charge in [-0.1, -0.05) is 54.6 Å². The van der Waals surface area contributed by atoms with E-state index in [1.54, 1.807) is 54.6 Å². The third-order valence-electron chi connectivity index (χ3n) is 7.08. The molecule has 0 unspecified atom stereocenters. The Morgan fingerprint density at radius 1 is 0.739 bits per heavy atom. The Balaban J connectivity index is 1.87. The molecule has 46 heavy (non-hydrogen) atoms. The van der Waals surface area contributed by atoms with Crippen molar-refractivity contribution < 1.29 is 32.3 Å². The zero-order valence-corrected chi connectivity index (χ0v) is 24.8. The predicted molar refractivity (Wildman–Crippen MR) is 165 cm³/mol. The van der Waals surface area contributed by atoms with Gasteiger partial charge in [-0.2, -0.15) is 13.2 Å². The van der Waals surface area contributed by atoms with Crippen molar-refractivity contribution in [3.05, 3.63) is 107 Å². The van der Waals surface area contributed by atoms with E-state index in [9.17, 15) is 32.3 Å². The summed E-state index contributed by atoms with van der Waals surface area (Å²) < 4.78 is 39.1. The van der Waals surface area contributed by atoms with Crippen LogP contribution in [0.3, 0.4) is 0 Å². The molecule has 11 nitrogen and oxygen atoms in total. The molecule has 10 N–H and O–H groups in total. The highest BCUT2D eigenvalue weighted by Crippen LogP contribution is 2.29. The van der Waals surface area contributed by atoms with Gasteiger partial charge in [-0.3, -0.25) is 24.6 Å². The Morgan fingerprint density at radius 3 is 1.87 bits per heavy atom. The molecule has 0 heterocycles. The predicted octanol–water partition coefficient (Wildman–Crippen LogP) is 2.29. The Labute approximate surface area is 263 Å². The normalized spacial score (nSPS) is 13.1. The third kappa shape index (κ3) is 10.2. The molecule has 14 heteroatoms. The second-order valence-corrected chi connectivity index (χ2v) is 10.5. The van der Waals surface area contributed by atoms with Gasteiger partial charge in [-0.05, 0) is 61.2 Å². The summed E-state index contributed by atoms with van der Waals surface area (Å²) in [5, 5.41) is 15.4. The SMILES string of the molecule is N=C(N)c1ccc(C[C@H](NC(=O)c2ccc(C(F)(F)F)cc2)C(=O)N[C@@H](CCCCN)C(=O)N[C@H](C(N)=O)c2ccccc2)cc1. The number of amidine groups is 1. The Kier molecular flexibility index (Phi) is 12.4. The number of primary amides is 1. The first-order chi connectivity index (χ1) is 21.8. The van der Waals surface area contributed by atoms with E-state index < -0.39 is 53.5 Å². The summed E-state index contributed by atoms with van der Waals surface area (Å²) in [5.41, 5.74) is 17.0. The number of nitrogen functional groups attached to an aromatic ring is 1. The van der Waals surface area contributed by atoms with Gasteiger partial charge in [0.25, 0.3) is 5.91 Å². The molecule has 3 aromatic carbocycles. The van der Waals surface area contributed by atoms with Crippen LogP contribution in [0.15, 0.2) is 78.9 Å². The molecule has 0 spiro atoms. The molecule has 3 atom stereocenters. The van der Waals surface area contributed by atoms with E-state index in [1.165, 1.54) is 0 Å². The van der Waals surface area contributed by atoms with Gasteiger partial charge in [0.1, 0.15) is 24.0 Å². The molecular formula is C32H36F3N7O4. The largest absolute Gasteiger partial charge is 0.416 e. The van der Waals surface area contributed by atoms with E-state index in [0.29, 0.717) is 36.1 Å². The lowest BCUT2D eigenvalue weighted by molar-refractivity contribution is -0.137. The number of rotatable bonds is 15. The van der Waals surface area contributed by atoms with E-state index in [4.69, 9.17) is 22.6 Å². The number of nitrogens with two attached hydrogens (primary N) is 3. The zero-order chi connectivity index (χ0) is 33.9. The van der Waals surface area contributed by atoms with Crippen LogP contribution in [0.1, 0.15) is 57.9 Å². The maximum Gasteiger partial charge on any atom is 0.416 e. The lowest BCUT2D eigenvalue weighted by atomic mass is 10.0. The fourth-order valence-electron chi connectivity index (χ4n) is 4.56. The molecule has 0 fully saturated rings. The molecular weight excluding hydrogens is 603 g/mol. The first-order valence-electron chi connectivity index (χ1n) is 14.4. The van der Waals surface area contributed by atoms with Crippen molar-refractivity contribution in [3.8, 4) is 0 Å². The van der Waals surface area contributed by atoms with Gasteiger partial charge in [-0.15, -0.1) is 0 Å². The van der Waals surface area contributed by atoms with Crippen molar-refractivity contribution >= 4 is 29.5 Å². The lowest BCUT2D eigenvalue weighted by Crippen LogP contribution is -2.55. The van der Waals surface area contributed by atoms with Gasteiger partial charge < -0.3 is 33.2 Å². The topological polar surface area (TPSA) is 206 Å². The van der Waals surface area contributed by atoms with Gasteiger partial charge >= 0.3 is 6.18 Å². The number of nitrogens with one attached hydrogen (secondary N) is 4. The minimum Gasteiger partial charge on any atom is -0.384 e. The van der Waals surface area contributed by atoms with Crippen LogP contribution in [-0.2, 0) is 27.0 Å². The number of amides is 4. The molecule has 244 valence electrons. The summed E-state index contributed by atoms with van der Waals surface area (Å²) in [4.78, 5) is 52.4. The van der Waals surface area contributed by atoms with Crippen LogP contribution in [-0.4, -0.2) is 48.1 Å². The third-order valence-corrected chi connectivity index (χ3v) is 7.08. The summed E-state index contributed by atoms with van der Waals surface area (Å²) >= 11 is 0. The molecule has 0 aromatic heterocycles. The smallest absolute Gasteiger partial charge is 0.384 e. The van der Waals surface area contributed by atoms with Crippen LogP contribution in [0.4, 0.5) is 13.2 Å². The maximum absolute atomic E-state index is 13.7. The quantitative estimate of drug-likeness (QED) is 0.0754. The number of alkyl halides is 3. The number of carbonyl (C=O) groups is 4. The van der Waals surface area contributed by atoms with Crippen LogP contribution in [0.25, 0.3) is 0 Å². The number of carbonyl (C=O) groups excluding carboxylic acids is 4. The molecule has 0 radical (unpaired) electrons. The standard InChI is InChI=1S/C32H36F3N7O4/c33-32(34,35)23-15-13-22(14-16-23)29(44)41-25(18-19-9-11-21(12-10-19)27(37)38)31(46)40-24(8-4-5-17-36)30(45)42-26(28(39)43)20-6-2-1-3-7-20/h1-3,6-7,9-16,24-26H,4-5,8,17-18,36H2,(H3,37,38)(H2,39,43)(H,40,46)(H,41,44)(H,42,45)/t24-,25-,26-/m0/s1. The van der Waals surface area contributed by atoms with Gasteiger partial charge in [0.2, 0.25) is 17.7 Å². The molecule has 0 aliphatic heterocycles. The number of unbranched alkanes of at least 4 members (excludes halogenated alkanes) is 1. The van der Waals surface area contributed by atoms with Crippen molar-refractivity contribution in [2.24, 2.45) is 17.2 Å². The highest BCUT2D eigenvalue weighted by atomic mass is 19.4. The summed E-state index contributed by atoms with van der Waals surface area (Å²) in [6.07, 6.45) is -3.56. The molecule has 0 aliphatic rings. The van der Waals surface area contributed by atoms with Crippen LogP contribution in [0.5, 0.6) is 0 Å². The molecule has 0 saturated heterocycles. The second-order valence-electron chi connectivity index (χ2n) is 10.5. The first kappa shape index (κ1) is 35.2. The summed E-state index contributed by atoms with van der Waals surface area (Å²) in [6.45, 7) is 0.332. The molecule has 0 saturated carbocycles. The van der Waals surface area contributed by atoms with Gasteiger partial charge in [0.15, 0.2) is 0 Å². The number of halogens is 3. The van der Waals surface area contributed by atoms with Crippen molar-refractivity contribution in [2.45, 2.75) is 50.0 Å². The fourth-order valence-corrected chi connectivity index (χ4v) is 4.56. The molecule has 0 aliphatic carbocycles. The highest BCUT2D eigenvalue weighted by molar-refractivity contribution is 5.99. The summed E-state index contributed by atoms with van der Waals surface area (Å²) in [5.74, 6) is -3.28. The van der Waals surface area contributed by atoms with E-state index >= 15 is 0 Å². The Bertz CT molecular complexity index is 1520. The van der Waals surface area contributed by atoms with Crippen molar-refractivity contribution in [2.75, 3.05) is 6.54 Å². The first-order valence-corrected chi connectivity index (χ1v) is 14.4. The van der Waals surface area contributed by atoms with Gasteiger partial charge in [0, 0.05) is 17.5 Å². The van der Waals surface area contributed by atoms with Crippen molar-refractivity contribution in [1.82, 2.24) is 16.0 Å². The van der Waals surface area contributed by atoms with Gasteiger partial charge in [0.05, 0.1) is 5.56 Å². The van der Waals surface area contributed by atoms with Crippen LogP contribution in [0.2, 0.25) is 0 Å². The Morgan fingerprint density at radius 2 is 1.33 bits per heavy atom. The lowest BCUT2D eigenvalue weighted by Gasteiger charge is -2.25. The molecule has 3 rings (SSSR count). The van der Waals surface area contributed by atoms with E-state index in [1.807, 2.05) is 0 Å². The highest BCUT2D eigenvalue weighted by Gasteiger charge is 2.32. The van der Waals surface area contributed by atoms with Crippen LogP contribution < -0.4 is 33.2 Å². The molecule has 0 bridgehead atoms. The maximum atomic E-state index is 13.7. The molecule has 3 aromatic rings. The average Bonchev–Trinajstić information content (AvgIpc) is 3.02. The second kappa shape index (κ2) is 16.2. The minimum absolute atomic E-state index is 0.0819. The van der Waals surface area contributed by atoms with E-state index in [2.05, 4.69) is 16.0 Å². The van der Waals surface area contributed by atoms with E-state index in [-0.39, 0.29) is 24.2 Å². The van der Waals surface area contributed by atoms with Crippen molar-refractivity contribution in [3.63, 3.8) is 0 Å². The average molecular weight is 640 g/mol. The number of hydrogen-bond donors (Lipinski definition) is 7. The number of benzene rings is 3. The fraction of sp³-hybridized carbons (Fsp3) is 0.281. The monoisotopic (exact) mass is 639 g/mol. The number of hydrogen-bond acceptors (Lipinski definition) is 6. The van der Waals surface area contributed by atoms with Gasteiger partial charge in [-0.25, -0.2) is 0 Å². The Hall–Kier alpha value is -5.24. The minimum atomic E-state index is -4.60.